The van der Waals surface area contributed by atoms with Gasteiger partial charge in [0.25, 0.3) is 5.91 Å². The molecule has 3 rings (SSSR count). The maximum absolute atomic E-state index is 12.8. The van der Waals surface area contributed by atoms with E-state index in [0.29, 0.717) is 11.6 Å². The lowest BCUT2D eigenvalue weighted by Crippen LogP contribution is -2.42. The van der Waals surface area contributed by atoms with Crippen molar-refractivity contribution in [1.29, 1.82) is 0 Å². The van der Waals surface area contributed by atoms with Crippen LogP contribution in [0.25, 0.3) is 0 Å². The van der Waals surface area contributed by atoms with Crippen LogP contribution >= 0.6 is 23.1 Å². The standard InChI is InChI=1S/C16H14FN5O2S2/c17-11-5-3-10(4-6-11)15(24)21-20-14(23)9-26-16-18-13(19-22-16)8-12-2-1-7-25-12/h1-7H,8-9H2,(H,20,23)(H,21,24)(H,18,19,22). The second kappa shape index (κ2) is 8.59. The van der Waals surface area contributed by atoms with Crippen molar-refractivity contribution in [3.8, 4) is 0 Å². The van der Waals surface area contributed by atoms with Crippen LogP contribution in [0.3, 0.4) is 0 Å². The van der Waals surface area contributed by atoms with E-state index in [0.717, 1.165) is 17.6 Å². The first-order valence-electron chi connectivity index (χ1n) is 7.51. The number of carbonyl (C=O) groups is 2. The highest BCUT2D eigenvalue weighted by atomic mass is 32.2. The molecule has 0 unspecified atom stereocenters. The predicted octanol–water partition coefficient (Wildman–Crippen LogP) is 2.15. The lowest BCUT2D eigenvalue weighted by Gasteiger charge is -2.06. The minimum absolute atomic E-state index is 0.0417. The number of aromatic amines is 1. The highest BCUT2D eigenvalue weighted by molar-refractivity contribution is 7.99. The van der Waals surface area contributed by atoms with Gasteiger partial charge in [0.05, 0.1) is 5.75 Å². The number of amides is 2. The number of nitrogens with one attached hydrogen (secondary N) is 3. The Morgan fingerprint density at radius 1 is 1.19 bits per heavy atom. The Hall–Kier alpha value is -2.72. The molecule has 0 fully saturated rings. The van der Waals surface area contributed by atoms with Crippen molar-refractivity contribution in [3.05, 3.63) is 63.9 Å². The molecule has 0 aliphatic rings. The molecule has 2 heterocycles. The second-order valence-electron chi connectivity index (χ2n) is 5.12. The Kier molecular flexibility index (Phi) is 5.97. The molecule has 2 amide bonds. The van der Waals surface area contributed by atoms with Gasteiger partial charge in [-0.1, -0.05) is 17.8 Å². The molecular formula is C16H14FN5O2S2. The summed E-state index contributed by atoms with van der Waals surface area (Å²) < 4.78 is 12.8. The van der Waals surface area contributed by atoms with E-state index in [9.17, 15) is 14.0 Å². The highest BCUT2D eigenvalue weighted by Gasteiger charge is 2.10. The van der Waals surface area contributed by atoms with Crippen molar-refractivity contribution < 1.29 is 14.0 Å². The molecule has 0 saturated carbocycles. The molecule has 7 nitrogen and oxygen atoms in total. The molecule has 134 valence electrons. The van der Waals surface area contributed by atoms with Gasteiger partial charge in [-0.15, -0.1) is 16.4 Å². The number of H-pyrrole nitrogens is 1. The predicted molar refractivity (Wildman–Crippen MR) is 96.2 cm³/mol. The SMILES string of the molecule is O=C(CSc1n[nH]c(Cc2cccs2)n1)NNC(=O)c1ccc(F)cc1. The number of halogens is 1. The minimum Gasteiger partial charge on any atom is -0.272 e. The Bertz CT molecular complexity index is 880. The molecule has 0 atom stereocenters. The van der Waals surface area contributed by atoms with Gasteiger partial charge in [0, 0.05) is 16.9 Å². The van der Waals surface area contributed by atoms with Crippen LogP contribution in [0.5, 0.6) is 0 Å². The summed E-state index contributed by atoms with van der Waals surface area (Å²) in [4.78, 5) is 29.1. The average molecular weight is 391 g/mol. The normalized spacial score (nSPS) is 10.5. The number of carbonyl (C=O) groups excluding carboxylic acids is 2. The van der Waals surface area contributed by atoms with E-state index in [2.05, 4.69) is 26.0 Å². The van der Waals surface area contributed by atoms with E-state index in [-0.39, 0.29) is 11.3 Å². The summed E-state index contributed by atoms with van der Waals surface area (Å²) in [6.07, 6.45) is 0.658. The molecule has 0 radical (unpaired) electrons. The van der Waals surface area contributed by atoms with Gasteiger partial charge >= 0.3 is 0 Å². The van der Waals surface area contributed by atoms with Crippen LogP contribution in [0, 0.1) is 5.82 Å². The number of thioether (sulfide) groups is 1. The quantitative estimate of drug-likeness (QED) is 0.442. The Morgan fingerprint density at radius 3 is 2.73 bits per heavy atom. The molecular weight excluding hydrogens is 377 g/mol. The van der Waals surface area contributed by atoms with Crippen LogP contribution in [0.2, 0.25) is 0 Å². The van der Waals surface area contributed by atoms with Gasteiger partial charge in [0.15, 0.2) is 0 Å². The maximum atomic E-state index is 12.8. The Labute approximate surface area is 156 Å². The summed E-state index contributed by atoms with van der Waals surface area (Å²) in [5.74, 6) is -0.610. The van der Waals surface area contributed by atoms with Crippen LogP contribution in [-0.2, 0) is 11.2 Å². The first kappa shape index (κ1) is 18.1. The monoisotopic (exact) mass is 391 g/mol. The number of aromatic nitrogens is 3. The highest BCUT2D eigenvalue weighted by Crippen LogP contribution is 2.15. The molecule has 3 aromatic rings. The van der Waals surface area contributed by atoms with Gasteiger partial charge in [-0.25, -0.2) is 9.37 Å². The van der Waals surface area contributed by atoms with E-state index < -0.39 is 17.6 Å². The molecule has 0 saturated heterocycles. The number of rotatable bonds is 6. The van der Waals surface area contributed by atoms with Gasteiger partial charge in [0.2, 0.25) is 11.1 Å². The van der Waals surface area contributed by atoms with Gasteiger partial charge in [-0.3, -0.25) is 25.5 Å². The topological polar surface area (TPSA) is 99.8 Å². The molecule has 10 heteroatoms. The number of nitrogens with zero attached hydrogens (tertiary/aromatic N) is 2. The van der Waals surface area contributed by atoms with Crippen LogP contribution in [0.4, 0.5) is 4.39 Å². The lowest BCUT2D eigenvalue weighted by atomic mass is 10.2. The fourth-order valence-corrected chi connectivity index (χ4v) is 3.29. The van der Waals surface area contributed by atoms with Crippen LogP contribution in [0.1, 0.15) is 21.1 Å². The fourth-order valence-electron chi connectivity index (χ4n) is 1.97. The van der Waals surface area contributed by atoms with E-state index in [1.54, 1.807) is 11.3 Å². The zero-order chi connectivity index (χ0) is 18.4. The van der Waals surface area contributed by atoms with E-state index in [1.807, 2.05) is 17.5 Å². The molecule has 3 N–H and O–H groups in total. The first-order chi connectivity index (χ1) is 12.6. The van der Waals surface area contributed by atoms with Gasteiger partial charge < -0.3 is 0 Å². The summed E-state index contributed by atoms with van der Waals surface area (Å²) in [6, 6.07) is 8.98. The minimum atomic E-state index is -0.528. The largest absolute Gasteiger partial charge is 0.272 e. The molecule has 2 aromatic heterocycles. The average Bonchev–Trinajstić information content (AvgIpc) is 3.31. The first-order valence-corrected chi connectivity index (χ1v) is 9.38. The summed E-state index contributed by atoms with van der Waals surface area (Å²) in [5.41, 5.74) is 4.80. The number of hydrogen-bond acceptors (Lipinski definition) is 6. The number of thiophene rings is 1. The van der Waals surface area contributed by atoms with Gasteiger partial charge in [-0.05, 0) is 35.7 Å². The number of hydrogen-bond donors (Lipinski definition) is 3. The fraction of sp³-hybridized carbons (Fsp3) is 0.125. The van der Waals surface area contributed by atoms with Crippen molar-refractivity contribution in [1.82, 2.24) is 26.0 Å². The molecule has 0 aliphatic heterocycles. The van der Waals surface area contributed by atoms with Crippen molar-refractivity contribution >= 4 is 34.9 Å². The molecule has 1 aromatic carbocycles. The smallest absolute Gasteiger partial charge is 0.269 e. The van der Waals surface area contributed by atoms with Crippen LogP contribution in [-0.4, -0.2) is 32.7 Å². The van der Waals surface area contributed by atoms with Crippen LogP contribution < -0.4 is 10.9 Å². The molecule has 0 aliphatic carbocycles. The number of hydrazine groups is 1. The van der Waals surface area contributed by atoms with Crippen molar-refractivity contribution in [2.45, 2.75) is 11.6 Å². The molecule has 0 bridgehead atoms. The Balaban J connectivity index is 1.42. The summed E-state index contributed by atoms with van der Waals surface area (Å²) in [7, 11) is 0. The molecule has 26 heavy (non-hydrogen) atoms. The third-order valence-electron chi connectivity index (χ3n) is 3.19. The maximum Gasteiger partial charge on any atom is 0.269 e. The van der Waals surface area contributed by atoms with Gasteiger partial charge in [0.1, 0.15) is 11.6 Å². The Morgan fingerprint density at radius 2 is 2.00 bits per heavy atom. The van der Waals surface area contributed by atoms with E-state index in [4.69, 9.17) is 0 Å². The summed E-state index contributed by atoms with van der Waals surface area (Å²) in [6.45, 7) is 0. The second-order valence-corrected chi connectivity index (χ2v) is 7.09. The third kappa shape index (κ3) is 5.14. The number of benzene rings is 1. The van der Waals surface area contributed by atoms with E-state index >= 15 is 0 Å². The van der Waals surface area contributed by atoms with E-state index in [1.165, 1.54) is 29.1 Å². The van der Waals surface area contributed by atoms with Crippen LogP contribution in [0.15, 0.2) is 46.9 Å². The van der Waals surface area contributed by atoms with Crippen molar-refractivity contribution in [3.63, 3.8) is 0 Å². The zero-order valence-corrected chi connectivity index (χ0v) is 15.0. The van der Waals surface area contributed by atoms with Crippen molar-refractivity contribution in [2.24, 2.45) is 0 Å². The third-order valence-corrected chi connectivity index (χ3v) is 4.91. The van der Waals surface area contributed by atoms with Crippen molar-refractivity contribution in [2.75, 3.05) is 5.75 Å². The summed E-state index contributed by atoms with van der Waals surface area (Å²) >= 11 is 2.78. The zero-order valence-electron chi connectivity index (χ0n) is 13.4. The van der Waals surface area contributed by atoms with Gasteiger partial charge in [-0.2, -0.15) is 0 Å². The molecule has 0 spiro atoms. The summed E-state index contributed by atoms with van der Waals surface area (Å²) in [5, 5.41) is 9.33. The lowest BCUT2D eigenvalue weighted by molar-refractivity contribution is -0.119.